The molecule has 182 valence electrons. The van der Waals surface area contributed by atoms with Crippen LogP contribution in [0.25, 0.3) is 27.6 Å². The highest BCUT2D eigenvalue weighted by molar-refractivity contribution is 8.00. The Morgan fingerprint density at radius 2 is 1.67 bits per heavy atom. The van der Waals surface area contributed by atoms with Gasteiger partial charge < -0.3 is 15.3 Å². The summed E-state index contributed by atoms with van der Waals surface area (Å²) in [4.78, 5) is 48.5. The lowest BCUT2D eigenvalue weighted by molar-refractivity contribution is -0.115. The Balaban J connectivity index is 1.52. The molecule has 0 bridgehead atoms. The number of para-hydroxylation sites is 2. The van der Waals surface area contributed by atoms with Crippen molar-refractivity contribution in [1.82, 2.24) is 19.5 Å². The highest BCUT2D eigenvalue weighted by Gasteiger charge is 2.22. The molecule has 3 aromatic carbocycles. The lowest BCUT2D eigenvalue weighted by atomic mass is 10.0. The fourth-order valence-corrected chi connectivity index (χ4v) is 5.07. The summed E-state index contributed by atoms with van der Waals surface area (Å²) in [6.45, 7) is 5.93. The van der Waals surface area contributed by atoms with E-state index in [-0.39, 0.29) is 23.1 Å². The van der Waals surface area contributed by atoms with Crippen LogP contribution < -0.4 is 16.6 Å². The number of nitrogens with one attached hydrogen (secondary N) is 3. The van der Waals surface area contributed by atoms with E-state index in [1.54, 1.807) is 41.8 Å². The Labute approximate surface area is 210 Å². The highest BCUT2D eigenvalue weighted by atomic mass is 32.2. The SMILES string of the molecule is CC(C)c1ccccc1-n1c(S[C@@H](C)C(=O)Nc2ccc3[nH]c(=O)[nH]c3c2)nc2ccccc2c1=O. The van der Waals surface area contributed by atoms with Crippen LogP contribution in [0, 0.1) is 0 Å². The Morgan fingerprint density at radius 1 is 0.944 bits per heavy atom. The van der Waals surface area contributed by atoms with Gasteiger partial charge in [-0.1, -0.05) is 55.9 Å². The summed E-state index contributed by atoms with van der Waals surface area (Å²) in [5, 5.41) is 3.30. The molecule has 5 rings (SSSR count). The quantitative estimate of drug-likeness (QED) is 0.230. The zero-order chi connectivity index (χ0) is 25.4. The van der Waals surface area contributed by atoms with Crippen LogP contribution in [0.5, 0.6) is 0 Å². The molecule has 0 aliphatic heterocycles. The van der Waals surface area contributed by atoms with Crippen LogP contribution in [-0.4, -0.2) is 30.7 Å². The standard InChI is InChI=1S/C27H25N5O3S/c1-15(2)18-8-5-7-11-23(18)32-25(34)19-9-4-6-10-20(19)31-27(32)36-16(3)24(33)28-17-12-13-21-22(14-17)30-26(35)29-21/h4-16H,1-3H3,(H,28,33)(H2,29,30,35)/t16-/m0/s1. The van der Waals surface area contributed by atoms with Gasteiger partial charge in [0.15, 0.2) is 5.16 Å². The van der Waals surface area contributed by atoms with Crippen molar-refractivity contribution >= 4 is 45.3 Å². The average molecular weight is 500 g/mol. The van der Waals surface area contributed by atoms with E-state index in [1.807, 2.05) is 36.4 Å². The molecule has 0 saturated carbocycles. The monoisotopic (exact) mass is 499 g/mol. The predicted molar refractivity (Wildman–Crippen MR) is 144 cm³/mol. The summed E-state index contributed by atoms with van der Waals surface area (Å²) in [6.07, 6.45) is 0. The van der Waals surface area contributed by atoms with E-state index in [2.05, 4.69) is 29.1 Å². The van der Waals surface area contributed by atoms with E-state index in [4.69, 9.17) is 4.98 Å². The summed E-state index contributed by atoms with van der Waals surface area (Å²) >= 11 is 1.23. The Morgan fingerprint density at radius 3 is 2.47 bits per heavy atom. The van der Waals surface area contributed by atoms with Gasteiger partial charge in [0, 0.05) is 5.69 Å². The number of aromatic amines is 2. The van der Waals surface area contributed by atoms with Crippen molar-refractivity contribution in [2.45, 2.75) is 37.1 Å². The smallest absolute Gasteiger partial charge is 0.323 e. The number of nitrogens with zero attached hydrogens (tertiary/aromatic N) is 2. The molecule has 36 heavy (non-hydrogen) atoms. The van der Waals surface area contributed by atoms with Gasteiger partial charge in [0.25, 0.3) is 5.56 Å². The molecule has 3 N–H and O–H groups in total. The fourth-order valence-electron chi connectivity index (χ4n) is 4.15. The number of amides is 1. The molecule has 1 atom stereocenters. The third-order valence-corrected chi connectivity index (χ3v) is 7.03. The molecule has 1 amide bonds. The van der Waals surface area contributed by atoms with Crippen LogP contribution in [0.15, 0.2) is 81.5 Å². The highest BCUT2D eigenvalue weighted by Crippen LogP contribution is 2.29. The van der Waals surface area contributed by atoms with Crippen molar-refractivity contribution in [3.8, 4) is 5.69 Å². The lowest BCUT2D eigenvalue weighted by Crippen LogP contribution is -2.26. The van der Waals surface area contributed by atoms with Crippen LogP contribution >= 0.6 is 11.8 Å². The largest absolute Gasteiger partial charge is 0.325 e. The van der Waals surface area contributed by atoms with Gasteiger partial charge in [0.2, 0.25) is 5.91 Å². The number of H-pyrrole nitrogens is 2. The van der Waals surface area contributed by atoms with Gasteiger partial charge in [-0.15, -0.1) is 0 Å². The van der Waals surface area contributed by atoms with Gasteiger partial charge in [0.1, 0.15) is 0 Å². The summed E-state index contributed by atoms with van der Waals surface area (Å²) < 4.78 is 1.61. The van der Waals surface area contributed by atoms with Gasteiger partial charge >= 0.3 is 5.69 Å². The van der Waals surface area contributed by atoms with Crippen molar-refractivity contribution in [2.24, 2.45) is 0 Å². The maximum atomic E-state index is 13.7. The summed E-state index contributed by atoms with van der Waals surface area (Å²) in [5.74, 6) is -0.0590. The van der Waals surface area contributed by atoms with Crippen molar-refractivity contribution in [2.75, 3.05) is 5.32 Å². The number of aromatic nitrogens is 4. The molecule has 0 spiro atoms. The number of carbonyl (C=O) groups is 1. The molecule has 9 heteroatoms. The number of rotatable bonds is 6. The van der Waals surface area contributed by atoms with Crippen LogP contribution in [-0.2, 0) is 4.79 Å². The van der Waals surface area contributed by atoms with Crippen molar-refractivity contribution in [3.05, 3.63) is 93.1 Å². The molecule has 0 aliphatic carbocycles. The van der Waals surface area contributed by atoms with Crippen LogP contribution in [0.4, 0.5) is 5.69 Å². The van der Waals surface area contributed by atoms with Gasteiger partial charge in [0.05, 0.1) is 32.9 Å². The van der Waals surface area contributed by atoms with Crippen LogP contribution in [0.3, 0.4) is 0 Å². The second-order valence-corrected chi connectivity index (χ2v) is 10.2. The molecular weight excluding hydrogens is 474 g/mol. The first-order valence-electron chi connectivity index (χ1n) is 11.6. The topological polar surface area (TPSA) is 113 Å². The van der Waals surface area contributed by atoms with E-state index >= 15 is 0 Å². The van der Waals surface area contributed by atoms with E-state index < -0.39 is 5.25 Å². The van der Waals surface area contributed by atoms with Crippen molar-refractivity contribution in [3.63, 3.8) is 0 Å². The lowest BCUT2D eigenvalue weighted by Gasteiger charge is -2.19. The third kappa shape index (κ3) is 4.45. The van der Waals surface area contributed by atoms with Gasteiger partial charge in [-0.25, -0.2) is 9.78 Å². The van der Waals surface area contributed by atoms with E-state index in [9.17, 15) is 14.4 Å². The van der Waals surface area contributed by atoms with E-state index in [0.29, 0.717) is 32.8 Å². The number of thioether (sulfide) groups is 1. The zero-order valence-electron chi connectivity index (χ0n) is 20.0. The second-order valence-electron chi connectivity index (χ2n) is 8.85. The Bertz CT molecular complexity index is 1720. The predicted octanol–water partition coefficient (Wildman–Crippen LogP) is 4.80. The number of hydrogen-bond donors (Lipinski definition) is 3. The molecule has 2 aromatic heterocycles. The van der Waals surface area contributed by atoms with E-state index in [0.717, 1.165) is 11.3 Å². The first-order valence-corrected chi connectivity index (χ1v) is 12.5. The minimum Gasteiger partial charge on any atom is -0.325 e. The molecule has 0 unspecified atom stereocenters. The average Bonchev–Trinajstić information content (AvgIpc) is 3.23. The number of fused-ring (bicyclic) bond motifs is 2. The zero-order valence-corrected chi connectivity index (χ0v) is 20.8. The van der Waals surface area contributed by atoms with Crippen LogP contribution in [0.2, 0.25) is 0 Å². The van der Waals surface area contributed by atoms with Crippen LogP contribution in [0.1, 0.15) is 32.3 Å². The van der Waals surface area contributed by atoms with Gasteiger partial charge in [-0.05, 0) is 54.8 Å². The van der Waals surface area contributed by atoms with Gasteiger partial charge in [-0.2, -0.15) is 0 Å². The minimum atomic E-state index is -0.559. The Kier molecular flexibility index (Phi) is 6.24. The normalized spacial score (nSPS) is 12.3. The maximum Gasteiger partial charge on any atom is 0.323 e. The molecule has 0 fully saturated rings. The fraction of sp³-hybridized carbons (Fsp3) is 0.185. The number of imidazole rings is 1. The molecule has 0 saturated heterocycles. The molecular formula is C27H25N5O3S. The number of hydrogen-bond acceptors (Lipinski definition) is 5. The Hall–Kier alpha value is -4.11. The molecule has 0 radical (unpaired) electrons. The second kappa shape index (κ2) is 9.50. The molecule has 2 heterocycles. The van der Waals surface area contributed by atoms with E-state index in [1.165, 1.54) is 11.8 Å². The number of benzene rings is 3. The van der Waals surface area contributed by atoms with Crippen molar-refractivity contribution < 1.29 is 4.79 Å². The summed E-state index contributed by atoms with van der Waals surface area (Å²) in [6, 6.07) is 20.2. The maximum absolute atomic E-state index is 13.7. The first-order chi connectivity index (χ1) is 17.3. The van der Waals surface area contributed by atoms with Gasteiger partial charge in [-0.3, -0.25) is 14.2 Å². The third-order valence-electron chi connectivity index (χ3n) is 5.98. The molecule has 8 nitrogen and oxygen atoms in total. The number of anilines is 1. The molecule has 5 aromatic rings. The minimum absolute atomic E-state index is 0.175. The first kappa shape index (κ1) is 23.6. The van der Waals surface area contributed by atoms with Crippen molar-refractivity contribution in [1.29, 1.82) is 0 Å². The number of carbonyl (C=O) groups excluding carboxylic acids is 1. The summed E-state index contributed by atoms with van der Waals surface area (Å²) in [5.41, 5.74) is 3.70. The molecule has 0 aliphatic rings. The summed E-state index contributed by atoms with van der Waals surface area (Å²) in [7, 11) is 0.